The van der Waals surface area contributed by atoms with Gasteiger partial charge in [-0.1, -0.05) is 54.3 Å². The van der Waals surface area contributed by atoms with Gasteiger partial charge in [0.15, 0.2) is 0 Å². The Hall–Kier alpha value is -1.07. The zero-order chi connectivity index (χ0) is 13.4. The van der Waals surface area contributed by atoms with Crippen LogP contribution in [0.25, 0.3) is 0 Å². The van der Waals surface area contributed by atoms with Gasteiger partial charge in [0.2, 0.25) is 5.91 Å². The Labute approximate surface area is 118 Å². The van der Waals surface area contributed by atoms with E-state index in [9.17, 15) is 4.79 Å². The third-order valence-corrected chi connectivity index (χ3v) is 4.01. The van der Waals surface area contributed by atoms with Gasteiger partial charge in [-0.05, 0) is 12.0 Å². The molecule has 1 aromatic carbocycles. The van der Waals surface area contributed by atoms with E-state index in [4.69, 9.17) is 12.2 Å². The summed E-state index contributed by atoms with van der Waals surface area (Å²) in [6.07, 6.45) is 0.857. The number of rotatable bonds is 5. The van der Waals surface area contributed by atoms with E-state index in [0.717, 1.165) is 10.7 Å². The summed E-state index contributed by atoms with van der Waals surface area (Å²) in [5.41, 5.74) is 1.23. The van der Waals surface area contributed by atoms with Gasteiger partial charge in [-0.2, -0.15) is 0 Å². The van der Waals surface area contributed by atoms with Crippen molar-refractivity contribution in [1.82, 2.24) is 10.2 Å². The molecule has 0 saturated carbocycles. The summed E-state index contributed by atoms with van der Waals surface area (Å²) in [7, 11) is 3.76. The topological polar surface area (TPSA) is 32.3 Å². The molecule has 0 spiro atoms. The first-order valence-electron chi connectivity index (χ1n) is 5.74. The highest BCUT2D eigenvalue weighted by molar-refractivity contribution is 8.23. The Bertz CT molecular complexity index is 393. The smallest absolute Gasteiger partial charge is 0.230 e. The van der Waals surface area contributed by atoms with Gasteiger partial charge < -0.3 is 10.2 Å². The average molecular weight is 282 g/mol. The molecule has 1 aromatic rings. The number of benzene rings is 1. The third-order valence-electron chi connectivity index (χ3n) is 2.27. The minimum atomic E-state index is 0.0279. The molecule has 1 rings (SSSR count). The molecule has 0 unspecified atom stereocenters. The third kappa shape index (κ3) is 6.02. The van der Waals surface area contributed by atoms with Crippen LogP contribution in [-0.2, 0) is 11.2 Å². The lowest BCUT2D eigenvalue weighted by atomic mass is 10.1. The second-order valence-corrected chi connectivity index (χ2v) is 5.64. The van der Waals surface area contributed by atoms with E-state index < -0.39 is 0 Å². The van der Waals surface area contributed by atoms with E-state index in [1.54, 1.807) is 0 Å². The summed E-state index contributed by atoms with van der Waals surface area (Å²) in [6.45, 7) is 0.665. The van der Waals surface area contributed by atoms with Crippen molar-refractivity contribution in [1.29, 1.82) is 0 Å². The Morgan fingerprint density at radius 2 is 2.00 bits per heavy atom. The molecule has 0 aliphatic heterocycles. The summed E-state index contributed by atoms with van der Waals surface area (Å²) in [4.78, 5) is 13.4. The lowest BCUT2D eigenvalue weighted by Crippen LogP contribution is -2.28. The standard InChI is InChI=1S/C13H18N2OS2/c1-15(2)13(17)18-10-12(16)14-9-8-11-6-4-3-5-7-11/h3-7H,8-10H2,1-2H3,(H,14,16). The maximum Gasteiger partial charge on any atom is 0.230 e. The van der Waals surface area contributed by atoms with E-state index in [-0.39, 0.29) is 5.91 Å². The molecular weight excluding hydrogens is 264 g/mol. The molecular formula is C13H18N2OS2. The SMILES string of the molecule is CN(C)C(=S)SCC(=O)NCCc1ccccc1. The summed E-state index contributed by atoms with van der Waals surface area (Å²) in [5, 5.41) is 2.89. The van der Waals surface area contributed by atoms with Gasteiger partial charge in [-0.3, -0.25) is 4.79 Å². The van der Waals surface area contributed by atoms with Crippen molar-refractivity contribution < 1.29 is 4.79 Å². The van der Waals surface area contributed by atoms with Gasteiger partial charge in [0.1, 0.15) is 4.32 Å². The summed E-state index contributed by atoms with van der Waals surface area (Å²) < 4.78 is 0.730. The zero-order valence-electron chi connectivity index (χ0n) is 10.7. The minimum Gasteiger partial charge on any atom is -0.364 e. The lowest BCUT2D eigenvalue weighted by molar-refractivity contribution is -0.118. The fourth-order valence-electron chi connectivity index (χ4n) is 1.30. The van der Waals surface area contributed by atoms with E-state index in [2.05, 4.69) is 17.4 Å². The number of thiocarbonyl (C=S) groups is 1. The minimum absolute atomic E-state index is 0.0279. The van der Waals surface area contributed by atoms with Crippen LogP contribution in [0.3, 0.4) is 0 Å². The molecule has 0 bridgehead atoms. The van der Waals surface area contributed by atoms with E-state index in [0.29, 0.717) is 12.3 Å². The molecule has 0 saturated heterocycles. The highest BCUT2D eigenvalue weighted by Gasteiger charge is 2.05. The molecule has 0 heterocycles. The predicted molar refractivity (Wildman–Crippen MR) is 81.9 cm³/mol. The average Bonchev–Trinajstić information content (AvgIpc) is 2.37. The number of nitrogens with zero attached hydrogens (tertiary/aromatic N) is 1. The monoisotopic (exact) mass is 282 g/mol. The Morgan fingerprint density at radius 1 is 1.33 bits per heavy atom. The predicted octanol–water partition coefficient (Wildman–Crippen LogP) is 1.92. The van der Waals surface area contributed by atoms with Crippen LogP contribution in [0.5, 0.6) is 0 Å². The molecule has 0 aliphatic carbocycles. The first-order valence-corrected chi connectivity index (χ1v) is 7.13. The molecule has 0 fully saturated rings. The first kappa shape index (κ1) is 15.0. The Morgan fingerprint density at radius 3 is 2.61 bits per heavy atom. The van der Waals surface area contributed by atoms with E-state index in [1.807, 2.05) is 37.2 Å². The maximum atomic E-state index is 11.6. The second-order valence-electron chi connectivity index (χ2n) is 4.03. The van der Waals surface area contributed by atoms with E-state index in [1.165, 1.54) is 17.3 Å². The van der Waals surface area contributed by atoms with Gasteiger partial charge in [-0.25, -0.2) is 0 Å². The fraction of sp³-hybridized carbons (Fsp3) is 0.385. The van der Waals surface area contributed by atoms with Crippen molar-refractivity contribution in [2.45, 2.75) is 6.42 Å². The molecule has 0 aromatic heterocycles. The summed E-state index contributed by atoms with van der Waals surface area (Å²) in [6, 6.07) is 10.1. The number of amides is 1. The molecule has 1 amide bonds. The lowest BCUT2D eigenvalue weighted by Gasteiger charge is -2.12. The van der Waals surface area contributed by atoms with Crippen molar-refractivity contribution in [2.24, 2.45) is 0 Å². The maximum absolute atomic E-state index is 11.6. The normalized spacial score (nSPS) is 9.89. The molecule has 98 valence electrons. The first-order chi connectivity index (χ1) is 8.59. The molecule has 0 radical (unpaired) electrons. The van der Waals surface area contributed by atoms with Gasteiger partial charge in [0.05, 0.1) is 5.75 Å². The van der Waals surface area contributed by atoms with E-state index >= 15 is 0 Å². The van der Waals surface area contributed by atoms with Crippen LogP contribution < -0.4 is 5.32 Å². The summed E-state index contributed by atoms with van der Waals surface area (Å²) in [5.74, 6) is 0.409. The van der Waals surface area contributed by atoms with Gasteiger partial charge in [0, 0.05) is 20.6 Å². The number of nitrogens with one attached hydrogen (secondary N) is 1. The van der Waals surface area contributed by atoms with Crippen molar-refractivity contribution in [3.05, 3.63) is 35.9 Å². The number of hydrogen-bond acceptors (Lipinski definition) is 3. The summed E-state index contributed by atoms with van der Waals surface area (Å²) >= 11 is 6.48. The van der Waals surface area contributed by atoms with Crippen LogP contribution in [0.15, 0.2) is 30.3 Å². The Balaban J connectivity index is 2.16. The molecule has 0 atom stereocenters. The molecule has 1 N–H and O–H groups in total. The van der Waals surface area contributed by atoms with Gasteiger partial charge >= 0.3 is 0 Å². The van der Waals surface area contributed by atoms with Crippen molar-refractivity contribution >= 4 is 34.2 Å². The number of thioether (sulfide) groups is 1. The van der Waals surface area contributed by atoms with Crippen LogP contribution >= 0.6 is 24.0 Å². The Kier molecular flexibility index (Phi) is 6.75. The van der Waals surface area contributed by atoms with Crippen LogP contribution in [0, 0.1) is 0 Å². The van der Waals surface area contributed by atoms with Crippen LogP contribution in [0.1, 0.15) is 5.56 Å². The zero-order valence-corrected chi connectivity index (χ0v) is 12.3. The highest BCUT2D eigenvalue weighted by Crippen LogP contribution is 2.05. The highest BCUT2D eigenvalue weighted by atomic mass is 32.2. The van der Waals surface area contributed by atoms with Crippen molar-refractivity contribution in [2.75, 3.05) is 26.4 Å². The fourth-order valence-corrected chi connectivity index (χ4v) is 2.09. The van der Waals surface area contributed by atoms with Crippen molar-refractivity contribution in [3.63, 3.8) is 0 Å². The van der Waals surface area contributed by atoms with Crippen LogP contribution in [0.2, 0.25) is 0 Å². The number of carbonyl (C=O) groups is 1. The number of hydrogen-bond donors (Lipinski definition) is 1. The molecule has 0 aliphatic rings. The number of carbonyl (C=O) groups excluding carboxylic acids is 1. The molecule has 3 nitrogen and oxygen atoms in total. The van der Waals surface area contributed by atoms with Crippen LogP contribution in [-0.4, -0.2) is 41.5 Å². The quantitative estimate of drug-likeness (QED) is 0.836. The molecule has 5 heteroatoms. The molecule has 18 heavy (non-hydrogen) atoms. The van der Waals surface area contributed by atoms with Crippen LogP contribution in [0.4, 0.5) is 0 Å². The van der Waals surface area contributed by atoms with Gasteiger partial charge in [-0.15, -0.1) is 0 Å². The van der Waals surface area contributed by atoms with Crippen molar-refractivity contribution in [3.8, 4) is 0 Å². The van der Waals surface area contributed by atoms with Gasteiger partial charge in [0.25, 0.3) is 0 Å². The second kappa shape index (κ2) is 8.11. The largest absolute Gasteiger partial charge is 0.364 e.